The molecule has 0 aliphatic carbocycles. The molecular formula is C11H10NOS+. The molecule has 70 valence electrons. The van der Waals surface area contributed by atoms with Gasteiger partial charge >= 0.3 is 0 Å². The van der Waals surface area contributed by atoms with Crippen LogP contribution < -0.4 is 9.17 Å². The second kappa shape index (κ2) is 4.67. The number of benzene rings is 1. The first-order valence-electron chi connectivity index (χ1n) is 4.31. The van der Waals surface area contributed by atoms with E-state index in [4.69, 9.17) is 4.18 Å². The van der Waals surface area contributed by atoms with Crippen molar-refractivity contribution in [1.29, 1.82) is 0 Å². The number of aromatic nitrogens is 1. The van der Waals surface area contributed by atoms with Crippen LogP contribution in [0.1, 0.15) is 0 Å². The van der Waals surface area contributed by atoms with Crippen LogP contribution in [0.3, 0.4) is 0 Å². The molecule has 14 heavy (non-hydrogen) atoms. The third-order valence-electron chi connectivity index (χ3n) is 1.66. The first-order valence-corrected chi connectivity index (χ1v) is 5.05. The van der Waals surface area contributed by atoms with E-state index in [9.17, 15) is 0 Å². The Morgan fingerprint density at radius 2 is 1.64 bits per heavy atom. The molecule has 0 amide bonds. The van der Waals surface area contributed by atoms with Crippen molar-refractivity contribution in [3.8, 4) is 5.75 Å². The third-order valence-corrected chi connectivity index (χ3v) is 2.41. The molecule has 1 aromatic carbocycles. The molecule has 1 N–H and O–H groups in total. The number of hydrogen-bond donors (Lipinski definition) is 0. The molecule has 0 saturated heterocycles. The van der Waals surface area contributed by atoms with Gasteiger partial charge in [0.15, 0.2) is 12.4 Å². The Bertz CT molecular complexity index is 338. The van der Waals surface area contributed by atoms with Gasteiger partial charge in [0.25, 0.3) is 0 Å². The van der Waals surface area contributed by atoms with Gasteiger partial charge in [0, 0.05) is 12.1 Å². The molecule has 0 aliphatic rings. The highest BCUT2D eigenvalue weighted by Gasteiger charge is 1.96. The summed E-state index contributed by atoms with van der Waals surface area (Å²) >= 11 is 1.35. The van der Waals surface area contributed by atoms with Crippen LogP contribution >= 0.6 is 12.0 Å². The summed E-state index contributed by atoms with van der Waals surface area (Å²) in [6.45, 7) is 0. The van der Waals surface area contributed by atoms with E-state index in [1.807, 2.05) is 54.9 Å². The smallest absolute Gasteiger partial charge is 0.168 e. The maximum absolute atomic E-state index is 5.49. The van der Waals surface area contributed by atoms with Gasteiger partial charge < -0.3 is 4.18 Å². The van der Waals surface area contributed by atoms with Crippen LogP contribution in [-0.2, 0) is 0 Å². The quantitative estimate of drug-likeness (QED) is 0.717. The van der Waals surface area contributed by atoms with Crippen LogP contribution in [0, 0.1) is 0 Å². The van der Waals surface area contributed by atoms with Crippen molar-refractivity contribution in [2.75, 3.05) is 0 Å². The minimum atomic E-state index is 0.866. The van der Waals surface area contributed by atoms with E-state index in [0.717, 1.165) is 10.6 Å². The Balaban J connectivity index is 1.96. The monoisotopic (exact) mass is 204 g/mol. The molecule has 0 atom stereocenters. The van der Waals surface area contributed by atoms with E-state index in [1.165, 1.54) is 12.0 Å². The summed E-state index contributed by atoms with van der Waals surface area (Å²) in [6, 6.07) is 13.7. The van der Waals surface area contributed by atoms with Gasteiger partial charge in [-0.15, -0.1) is 0 Å². The first kappa shape index (κ1) is 9.09. The molecule has 0 spiro atoms. The summed E-state index contributed by atoms with van der Waals surface area (Å²) in [7, 11) is 0. The molecule has 1 aromatic heterocycles. The van der Waals surface area contributed by atoms with Gasteiger partial charge in [0.2, 0.25) is 0 Å². The molecule has 0 saturated carbocycles. The number of nitrogens with one attached hydrogen (secondary N) is 1. The van der Waals surface area contributed by atoms with Crippen LogP contribution in [0.4, 0.5) is 0 Å². The SMILES string of the molecule is c1ccc(OSc2cc[nH+]cc2)cc1. The highest BCUT2D eigenvalue weighted by molar-refractivity contribution is 7.95. The van der Waals surface area contributed by atoms with Gasteiger partial charge in [0.05, 0.1) is 16.9 Å². The summed E-state index contributed by atoms with van der Waals surface area (Å²) in [5.41, 5.74) is 0. The zero-order valence-corrected chi connectivity index (χ0v) is 8.33. The molecule has 0 fully saturated rings. The fourth-order valence-electron chi connectivity index (χ4n) is 0.999. The minimum absolute atomic E-state index is 0.866. The lowest BCUT2D eigenvalue weighted by atomic mass is 10.3. The number of rotatable bonds is 3. The van der Waals surface area contributed by atoms with Gasteiger partial charge in [-0.1, -0.05) is 18.2 Å². The van der Waals surface area contributed by atoms with Crippen molar-refractivity contribution in [1.82, 2.24) is 0 Å². The summed E-state index contributed by atoms with van der Waals surface area (Å²) in [5, 5.41) is 0. The minimum Gasteiger partial charge on any atom is -0.421 e. The summed E-state index contributed by atoms with van der Waals surface area (Å²) in [5.74, 6) is 0.866. The molecule has 2 rings (SSSR count). The Morgan fingerprint density at radius 3 is 2.36 bits per heavy atom. The van der Waals surface area contributed by atoms with E-state index in [1.54, 1.807) is 0 Å². The van der Waals surface area contributed by atoms with Crippen molar-refractivity contribution in [2.24, 2.45) is 0 Å². The number of H-pyrrole nitrogens is 1. The summed E-state index contributed by atoms with van der Waals surface area (Å²) in [4.78, 5) is 4.04. The van der Waals surface area contributed by atoms with Gasteiger partial charge in [-0.3, -0.25) is 0 Å². The lowest BCUT2D eigenvalue weighted by Crippen LogP contribution is -1.96. The molecule has 0 bridgehead atoms. The van der Waals surface area contributed by atoms with E-state index in [0.29, 0.717) is 0 Å². The van der Waals surface area contributed by atoms with Crippen LogP contribution in [0.25, 0.3) is 0 Å². The molecule has 2 nitrogen and oxygen atoms in total. The Hall–Kier alpha value is -1.48. The predicted octanol–water partition coefficient (Wildman–Crippen LogP) is 2.59. The van der Waals surface area contributed by atoms with Crippen molar-refractivity contribution in [3.63, 3.8) is 0 Å². The van der Waals surface area contributed by atoms with E-state index in [-0.39, 0.29) is 0 Å². The topological polar surface area (TPSA) is 23.4 Å². The molecule has 0 radical (unpaired) electrons. The number of aromatic amines is 1. The van der Waals surface area contributed by atoms with Crippen molar-refractivity contribution < 1.29 is 9.17 Å². The molecule has 0 aliphatic heterocycles. The van der Waals surface area contributed by atoms with Crippen LogP contribution in [0.2, 0.25) is 0 Å². The Kier molecular flexibility index (Phi) is 3.03. The van der Waals surface area contributed by atoms with Crippen molar-refractivity contribution in [2.45, 2.75) is 4.90 Å². The molecular weight excluding hydrogens is 194 g/mol. The van der Waals surface area contributed by atoms with Crippen LogP contribution in [0.15, 0.2) is 59.8 Å². The summed E-state index contributed by atoms with van der Waals surface area (Å²) < 4.78 is 5.49. The number of para-hydroxylation sites is 1. The largest absolute Gasteiger partial charge is 0.421 e. The molecule has 2 aromatic rings. The lowest BCUT2D eigenvalue weighted by molar-refractivity contribution is -0.378. The fraction of sp³-hybridized carbons (Fsp3) is 0. The number of pyridine rings is 1. The maximum atomic E-state index is 5.49. The average molecular weight is 204 g/mol. The maximum Gasteiger partial charge on any atom is 0.168 e. The van der Waals surface area contributed by atoms with Gasteiger partial charge in [-0.25, -0.2) is 4.98 Å². The van der Waals surface area contributed by atoms with E-state index in [2.05, 4.69) is 4.98 Å². The fourth-order valence-corrected chi connectivity index (χ4v) is 1.55. The highest BCUT2D eigenvalue weighted by atomic mass is 32.2. The van der Waals surface area contributed by atoms with Gasteiger partial charge in [-0.05, 0) is 12.1 Å². The Morgan fingerprint density at radius 1 is 0.929 bits per heavy atom. The highest BCUT2D eigenvalue weighted by Crippen LogP contribution is 2.21. The number of hydrogen-bond acceptors (Lipinski definition) is 2. The zero-order chi connectivity index (χ0) is 9.64. The van der Waals surface area contributed by atoms with Crippen LogP contribution in [0.5, 0.6) is 5.75 Å². The second-order valence-electron chi connectivity index (χ2n) is 2.72. The average Bonchev–Trinajstić information content (AvgIpc) is 2.29. The third kappa shape index (κ3) is 2.50. The molecule has 3 heteroatoms. The summed E-state index contributed by atoms with van der Waals surface area (Å²) in [6.07, 6.45) is 3.74. The molecule has 1 heterocycles. The van der Waals surface area contributed by atoms with Crippen LogP contribution in [-0.4, -0.2) is 0 Å². The van der Waals surface area contributed by atoms with Crippen molar-refractivity contribution in [3.05, 3.63) is 54.9 Å². The van der Waals surface area contributed by atoms with Gasteiger partial charge in [-0.2, -0.15) is 0 Å². The van der Waals surface area contributed by atoms with E-state index < -0.39 is 0 Å². The van der Waals surface area contributed by atoms with E-state index >= 15 is 0 Å². The van der Waals surface area contributed by atoms with Gasteiger partial charge in [0.1, 0.15) is 5.75 Å². The normalized spacial score (nSPS) is 9.71. The standard InChI is InChI=1S/C11H9NOS/c1-2-4-10(5-3-1)13-14-11-6-8-12-9-7-11/h1-9H/p+1. The van der Waals surface area contributed by atoms with Crippen molar-refractivity contribution >= 4 is 12.0 Å². The zero-order valence-electron chi connectivity index (χ0n) is 7.51. The lowest BCUT2D eigenvalue weighted by Gasteiger charge is -2.01. The first-order chi connectivity index (χ1) is 6.95. The predicted molar refractivity (Wildman–Crippen MR) is 55.9 cm³/mol. The molecule has 0 unspecified atom stereocenters. The second-order valence-corrected chi connectivity index (χ2v) is 3.52. The Labute approximate surface area is 87.2 Å².